The molecule has 1 saturated carbocycles. The summed E-state index contributed by atoms with van der Waals surface area (Å²) in [5.41, 5.74) is 0.807. The van der Waals surface area contributed by atoms with Gasteiger partial charge in [-0.1, -0.05) is 6.92 Å². The molecular weight excluding hydrogens is 292 g/mol. The standard InChI is InChI=1S/C14H20N2O4S/c1-2-15-21(19,20)13-7-5-11(6-8-13)16-12-4-3-10(9-12)14(17)18/h5-8,10,12,15-16H,2-4,9H2,1H3,(H,17,18). The van der Waals surface area contributed by atoms with Crippen molar-refractivity contribution in [2.45, 2.75) is 37.1 Å². The lowest BCUT2D eigenvalue weighted by Crippen LogP contribution is -2.23. The number of aliphatic carboxylic acids is 1. The van der Waals surface area contributed by atoms with E-state index in [9.17, 15) is 13.2 Å². The van der Waals surface area contributed by atoms with Gasteiger partial charge in [0.2, 0.25) is 10.0 Å². The van der Waals surface area contributed by atoms with Crippen LogP contribution in [0, 0.1) is 5.92 Å². The van der Waals surface area contributed by atoms with Crippen LogP contribution >= 0.6 is 0 Å². The van der Waals surface area contributed by atoms with Crippen LogP contribution in [-0.2, 0) is 14.8 Å². The van der Waals surface area contributed by atoms with Crippen LogP contribution in [0.1, 0.15) is 26.2 Å². The Labute approximate surface area is 124 Å². The van der Waals surface area contributed by atoms with Gasteiger partial charge in [-0.2, -0.15) is 0 Å². The number of carbonyl (C=O) groups is 1. The number of benzene rings is 1. The minimum absolute atomic E-state index is 0.127. The Morgan fingerprint density at radius 1 is 1.29 bits per heavy atom. The summed E-state index contributed by atoms with van der Waals surface area (Å²) in [5.74, 6) is -1.03. The molecule has 2 unspecified atom stereocenters. The molecule has 2 atom stereocenters. The quantitative estimate of drug-likeness (QED) is 0.742. The Balaban J connectivity index is 1.99. The van der Waals surface area contributed by atoms with Gasteiger partial charge in [0.15, 0.2) is 0 Å². The third-order valence-corrected chi connectivity index (χ3v) is 5.21. The summed E-state index contributed by atoms with van der Waals surface area (Å²) < 4.78 is 26.1. The average Bonchev–Trinajstić information content (AvgIpc) is 2.88. The molecule has 0 radical (unpaired) electrons. The zero-order chi connectivity index (χ0) is 15.5. The van der Waals surface area contributed by atoms with Crippen LogP contribution in [0.4, 0.5) is 5.69 Å². The highest BCUT2D eigenvalue weighted by Crippen LogP contribution is 2.28. The maximum Gasteiger partial charge on any atom is 0.306 e. The van der Waals surface area contributed by atoms with E-state index in [0.717, 1.165) is 12.1 Å². The normalized spacial score (nSPS) is 22.1. The van der Waals surface area contributed by atoms with E-state index in [1.54, 1.807) is 31.2 Å². The molecular formula is C14H20N2O4S. The minimum Gasteiger partial charge on any atom is -0.481 e. The van der Waals surface area contributed by atoms with Crippen LogP contribution in [0.25, 0.3) is 0 Å². The number of nitrogens with one attached hydrogen (secondary N) is 2. The summed E-state index contributed by atoms with van der Waals surface area (Å²) in [4.78, 5) is 11.1. The van der Waals surface area contributed by atoms with Crippen molar-refractivity contribution in [3.05, 3.63) is 24.3 Å². The molecule has 116 valence electrons. The molecule has 0 aliphatic heterocycles. The zero-order valence-electron chi connectivity index (χ0n) is 11.9. The number of rotatable bonds is 6. The fraction of sp³-hybridized carbons (Fsp3) is 0.500. The van der Waals surface area contributed by atoms with Crippen molar-refractivity contribution in [2.75, 3.05) is 11.9 Å². The van der Waals surface area contributed by atoms with Crippen molar-refractivity contribution in [1.82, 2.24) is 4.72 Å². The highest BCUT2D eigenvalue weighted by Gasteiger charge is 2.29. The molecule has 1 aromatic rings. The van der Waals surface area contributed by atoms with Crippen LogP contribution in [0.2, 0.25) is 0 Å². The third-order valence-electron chi connectivity index (χ3n) is 3.65. The molecule has 0 bridgehead atoms. The second-order valence-corrected chi connectivity index (χ2v) is 6.98. The molecule has 0 amide bonds. The first kappa shape index (κ1) is 15.8. The van der Waals surface area contributed by atoms with E-state index < -0.39 is 16.0 Å². The SMILES string of the molecule is CCNS(=O)(=O)c1ccc(NC2CCC(C(=O)O)C2)cc1. The van der Waals surface area contributed by atoms with Crippen molar-refractivity contribution in [3.8, 4) is 0 Å². The molecule has 1 aromatic carbocycles. The fourth-order valence-electron chi connectivity index (χ4n) is 2.58. The molecule has 0 saturated heterocycles. The number of carboxylic acids is 1. The Morgan fingerprint density at radius 3 is 2.48 bits per heavy atom. The molecule has 2 rings (SSSR count). The summed E-state index contributed by atoms with van der Waals surface area (Å²) in [6.07, 6.45) is 2.10. The second kappa shape index (κ2) is 6.44. The van der Waals surface area contributed by atoms with Gasteiger partial charge in [-0.05, 0) is 43.5 Å². The Bertz CT molecular complexity index is 598. The monoisotopic (exact) mass is 312 g/mol. The van der Waals surface area contributed by atoms with E-state index in [0.29, 0.717) is 19.4 Å². The van der Waals surface area contributed by atoms with Crippen LogP contribution in [0.15, 0.2) is 29.2 Å². The first-order valence-corrected chi connectivity index (χ1v) is 8.49. The van der Waals surface area contributed by atoms with E-state index in [1.165, 1.54) is 0 Å². The van der Waals surface area contributed by atoms with E-state index in [4.69, 9.17) is 5.11 Å². The lowest BCUT2D eigenvalue weighted by Gasteiger charge is -2.14. The third kappa shape index (κ3) is 3.95. The van der Waals surface area contributed by atoms with Crippen molar-refractivity contribution in [3.63, 3.8) is 0 Å². The number of hydrogen-bond donors (Lipinski definition) is 3. The first-order valence-electron chi connectivity index (χ1n) is 7.01. The van der Waals surface area contributed by atoms with Gasteiger partial charge < -0.3 is 10.4 Å². The molecule has 0 aromatic heterocycles. The van der Waals surface area contributed by atoms with Gasteiger partial charge in [-0.3, -0.25) is 4.79 Å². The smallest absolute Gasteiger partial charge is 0.306 e. The van der Waals surface area contributed by atoms with Crippen LogP contribution in [-0.4, -0.2) is 32.1 Å². The molecule has 1 aliphatic carbocycles. The van der Waals surface area contributed by atoms with E-state index in [1.807, 2.05) is 0 Å². The number of sulfonamides is 1. The van der Waals surface area contributed by atoms with Crippen molar-refractivity contribution in [2.24, 2.45) is 5.92 Å². The van der Waals surface area contributed by atoms with Crippen molar-refractivity contribution < 1.29 is 18.3 Å². The molecule has 21 heavy (non-hydrogen) atoms. The van der Waals surface area contributed by atoms with Gasteiger partial charge in [-0.15, -0.1) is 0 Å². The van der Waals surface area contributed by atoms with Gasteiger partial charge >= 0.3 is 5.97 Å². The zero-order valence-corrected chi connectivity index (χ0v) is 12.7. The summed E-state index contributed by atoms with van der Waals surface area (Å²) in [6, 6.07) is 6.63. The van der Waals surface area contributed by atoms with E-state index in [2.05, 4.69) is 10.0 Å². The van der Waals surface area contributed by atoms with Gasteiger partial charge in [0, 0.05) is 18.3 Å². The van der Waals surface area contributed by atoms with E-state index >= 15 is 0 Å². The maximum absolute atomic E-state index is 11.8. The molecule has 0 spiro atoms. The van der Waals surface area contributed by atoms with Crippen LogP contribution < -0.4 is 10.0 Å². The molecule has 3 N–H and O–H groups in total. The average molecular weight is 312 g/mol. The lowest BCUT2D eigenvalue weighted by atomic mass is 10.1. The number of carboxylic acid groups (broad SMARTS) is 1. The highest BCUT2D eigenvalue weighted by atomic mass is 32.2. The second-order valence-electron chi connectivity index (χ2n) is 5.22. The predicted molar refractivity (Wildman–Crippen MR) is 79.7 cm³/mol. The molecule has 7 heteroatoms. The molecule has 0 heterocycles. The summed E-state index contributed by atoms with van der Waals surface area (Å²) >= 11 is 0. The van der Waals surface area contributed by atoms with Crippen molar-refractivity contribution in [1.29, 1.82) is 0 Å². The molecule has 6 nitrogen and oxygen atoms in total. The fourth-order valence-corrected chi connectivity index (χ4v) is 3.62. The van der Waals surface area contributed by atoms with Gasteiger partial charge in [0.25, 0.3) is 0 Å². The molecule has 1 aliphatic rings. The first-order chi connectivity index (χ1) is 9.92. The lowest BCUT2D eigenvalue weighted by molar-refractivity contribution is -0.141. The Morgan fingerprint density at radius 2 is 1.95 bits per heavy atom. The van der Waals surface area contributed by atoms with Crippen LogP contribution in [0.3, 0.4) is 0 Å². The van der Waals surface area contributed by atoms with E-state index in [-0.39, 0.29) is 16.9 Å². The summed E-state index contributed by atoms with van der Waals surface area (Å²) in [5, 5.41) is 12.2. The minimum atomic E-state index is -3.43. The topological polar surface area (TPSA) is 95.5 Å². The van der Waals surface area contributed by atoms with Crippen LogP contribution in [0.5, 0.6) is 0 Å². The summed E-state index contributed by atoms with van der Waals surface area (Å²) in [7, 11) is -3.43. The van der Waals surface area contributed by atoms with Crippen molar-refractivity contribution >= 4 is 21.7 Å². The summed E-state index contributed by atoms with van der Waals surface area (Å²) in [6.45, 7) is 2.08. The predicted octanol–water partition coefficient (Wildman–Crippen LogP) is 1.65. The number of hydrogen-bond acceptors (Lipinski definition) is 4. The largest absolute Gasteiger partial charge is 0.481 e. The van der Waals surface area contributed by atoms with Gasteiger partial charge in [0.1, 0.15) is 0 Å². The Hall–Kier alpha value is -1.60. The van der Waals surface area contributed by atoms with Gasteiger partial charge in [-0.25, -0.2) is 13.1 Å². The molecule has 1 fully saturated rings. The number of anilines is 1. The Kier molecular flexibility index (Phi) is 4.84. The van der Waals surface area contributed by atoms with Gasteiger partial charge in [0.05, 0.1) is 10.8 Å². The maximum atomic E-state index is 11.8. The highest BCUT2D eigenvalue weighted by molar-refractivity contribution is 7.89.